The number of hydrogen-bond donors (Lipinski definition) is 2. The number of pyridine rings is 1. The molecule has 0 radical (unpaired) electrons. The first-order valence-corrected chi connectivity index (χ1v) is 5.91. The SMILES string of the molecule is CC(CN(C)Cc1ccc(Br)cn1)C(=N)N. The molecule has 5 heteroatoms. The predicted octanol–water partition coefficient (Wildman–Crippen LogP) is 1.85. The molecule has 16 heavy (non-hydrogen) atoms. The zero-order valence-electron chi connectivity index (χ0n) is 9.57. The molecule has 1 aromatic rings. The third-order valence-corrected chi connectivity index (χ3v) is 2.81. The normalized spacial score (nSPS) is 12.8. The number of aromatic nitrogens is 1. The van der Waals surface area contributed by atoms with Crippen LogP contribution in [0.25, 0.3) is 0 Å². The van der Waals surface area contributed by atoms with Crippen molar-refractivity contribution in [1.82, 2.24) is 9.88 Å². The Bertz CT molecular complexity index is 350. The van der Waals surface area contributed by atoms with Crippen LogP contribution in [-0.2, 0) is 6.54 Å². The van der Waals surface area contributed by atoms with Crippen LogP contribution >= 0.6 is 15.9 Å². The number of amidine groups is 1. The highest BCUT2D eigenvalue weighted by atomic mass is 79.9. The van der Waals surface area contributed by atoms with E-state index in [2.05, 4.69) is 25.8 Å². The first-order valence-electron chi connectivity index (χ1n) is 5.12. The van der Waals surface area contributed by atoms with Gasteiger partial charge in [-0.2, -0.15) is 0 Å². The Morgan fingerprint density at radius 3 is 2.81 bits per heavy atom. The number of hydrogen-bond acceptors (Lipinski definition) is 3. The van der Waals surface area contributed by atoms with E-state index in [-0.39, 0.29) is 11.8 Å². The van der Waals surface area contributed by atoms with Crippen molar-refractivity contribution in [3.8, 4) is 0 Å². The van der Waals surface area contributed by atoms with E-state index in [1.54, 1.807) is 6.20 Å². The van der Waals surface area contributed by atoms with Gasteiger partial charge in [0.05, 0.1) is 11.5 Å². The van der Waals surface area contributed by atoms with Gasteiger partial charge in [-0.05, 0) is 35.1 Å². The van der Waals surface area contributed by atoms with Gasteiger partial charge in [0.25, 0.3) is 0 Å². The van der Waals surface area contributed by atoms with Crippen molar-refractivity contribution in [2.45, 2.75) is 13.5 Å². The fourth-order valence-corrected chi connectivity index (χ4v) is 1.64. The highest BCUT2D eigenvalue weighted by Crippen LogP contribution is 2.09. The second-order valence-electron chi connectivity index (χ2n) is 4.02. The summed E-state index contributed by atoms with van der Waals surface area (Å²) < 4.78 is 0.982. The van der Waals surface area contributed by atoms with E-state index < -0.39 is 0 Å². The van der Waals surface area contributed by atoms with Gasteiger partial charge in [0.15, 0.2) is 0 Å². The quantitative estimate of drug-likeness (QED) is 0.641. The Morgan fingerprint density at radius 1 is 1.62 bits per heavy atom. The van der Waals surface area contributed by atoms with E-state index in [1.165, 1.54) is 0 Å². The predicted molar refractivity (Wildman–Crippen MR) is 69.3 cm³/mol. The van der Waals surface area contributed by atoms with Crippen molar-refractivity contribution in [2.24, 2.45) is 11.7 Å². The van der Waals surface area contributed by atoms with Gasteiger partial charge >= 0.3 is 0 Å². The van der Waals surface area contributed by atoms with Crippen LogP contribution in [-0.4, -0.2) is 29.3 Å². The molecule has 1 unspecified atom stereocenters. The highest BCUT2D eigenvalue weighted by Gasteiger charge is 2.09. The third-order valence-electron chi connectivity index (χ3n) is 2.34. The molecule has 88 valence electrons. The van der Waals surface area contributed by atoms with Crippen LogP contribution in [0, 0.1) is 11.3 Å². The number of rotatable bonds is 5. The van der Waals surface area contributed by atoms with Gasteiger partial charge in [0, 0.05) is 29.7 Å². The molecule has 3 N–H and O–H groups in total. The molecule has 1 rings (SSSR count). The first kappa shape index (κ1) is 13.1. The molecule has 0 aliphatic rings. The van der Waals surface area contributed by atoms with E-state index in [4.69, 9.17) is 11.1 Å². The molecular weight excluding hydrogens is 268 g/mol. The average Bonchev–Trinajstić information content (AvgIpc) is 2.21. The maximum absolute atomic E-state index is 7.33. The Balaban J connectivity index is 2.48. The molecule has 0 fully saturated rings. The molecular formula is C11H17BrN4. The second kappa shape index (κ2) is 5.96. The summed E-state index contributed by atoms with van der Waals surface area (Å²) in [7, 11) is 2.00. The van der Waals surface area contributed by atoms with Crippen molar-refractivity contribution >= 4 is 21.8 Å². The Labute approximate surface area is 104 Å². The molecule has 0 bridgehead atoms. The van der Waals surface area contributed by atoms with Gasteiger partial charge in [-0.15, -0.1) is 0 Å². The summed E-state index contributed by atoms with van der Waals surface area (Å²) in [4.78, 5) is 6.41. The van der Waals surface area contributed by atoms with Gasteiger partial charge < -0.3 is 5.73 Å². The van der Waals surface area contributed by atoms with E-state index in [1.807, 2.05) is 26.1 Å². The zero-order chi connectivity index (χ0) is 12.1. The molecule has 1 atom stereocenters. The highest BCUT2D eigenvalue weighted by molar-refractivity contribution is 9.10. The van der Waals surface area contributed by atoms with Crippen molar-refractivity contribution in [3.63, 3.8) is 0 Å². The Kier molecular flexibility index (Phi) is 4.89. The summed E-state index contributed by atoms with van der Waals surface area (Å²) in [5.41, 5.74) is 6.45. The fourth-order valence-electron chi connectivity index (χ4n) is 1.41. The third kappa shape index (κ3) is 4.28. The van der Waals surface area contributed by atoms with Gasteiger partial charge in [-0.1, -0.05) is 6.92 Å². The summed E-state index contributed by atoms with van der Waals surface area (Å²) in [5, 5.41) is 7.33. The number of nitrogens with two attached hydrogens (primary N) is 1. The summed E-state index contributed by atoms with van der Waals surface area (Å²) >= 11 is 3.35. The van der Waals surface area contributed by atoms with Gasteiger partial charge in [0.2, 0.25) is 0 Å². The van der Waals surface area contributed by atoms with E-state index in [0.29, 0.717) is 0 Å². The van der Waals surface area contributed by atoms with Crippen molar-refractivity contribution < 1.29 is 0 Å². The minimum Gasteiger partial charge on any atom is -0.387 e. The monoisotopic (exact) mass is 284 g/mol. The Hall–Kier alpha value is -0.940. The summed E-state index contributed by atoms with van der Waals surface area (Å²) in [6.07, 6.45) is 1.79. The van der Waals surface area contributed by atoms with E-state index in [0.717, 1.165) is 23.3 Å². The lowest BCUT2D eigenvalue weighted by Gasteiger charge is -2.20. The van der Waals surface area contributed by atoms with Crippen LogP contribution in [0.15, 0.2) is 22.8 Å². The summed E-state index contributed by atoms with van der Waals surface area (Å²) in [6.45, 7) is 3.49. The minimum absolute atomic E-state index is 0.0837. The number of nitrogens with one attached hydrogen (secondary N) is 1. The van der Waals surface area contributed by atoms with Crippen LogP contribution in [0.5, 0.6) is 0 Å². The molecule has 0 aliphatic carbocycles. The van der Waals surface area contributed by atoms with Gasteiger partial charge in [0.1, 0.15) is 0 Å². The fraction of sp³-hybridized carbons (Fsp3) is 0.455. The molecule has 0 amide bonds. The van der Waals surface area contributed by atoms with Crippen molar-refractivity contribution in [1.29, 1.82) is 5.41 Å². The van der Waals surface area contributed by atoms with Crippen LogP contribution < -0.4 is 5.73 Å². The maximum atomic E-state index is 7.33. The van der Waals surface area contributed by atoms with Crippen LogP contribution in [0.4, 0.5) is 0 Å². The number of nitrogens with zero attached hydrogens (tertiary/aromatic N) is 2. The molecule has 0 saturated carbocycles. The van der Waals surface area contributed by atoms with Crippen LogP contribution in [0.2, 0.25) is 0 Å². The second-order valence-corrected chi connectivity index (χ2v) is 4.94. The first-order chi connectivity index (χ1) is 7.49. The maximum Gasteiger partial charge on any atom is 0.0947 e. The average molecular weight is 285 g/mol. The van der Waals surface area contributed by atoms with Crippen LogP contribution in [0.3, 0.4) is 0 Å². The molecule has 0 spiro atoms. The summed E-state index contributed by atoms with van der Waals surface area (Å²) in [5.74, 6) is 0.316. The lowest BCUT2D eigenvalue weighted by molar-refractivity contribution is 0.303. The zero-order valence-corrected chi connectivity index (χ0v) is 11.2. The lowest BCUT2D eigenvalue weighted by Crippen LogP contribution is -2.31. The van der Waals surface area contributed by atoms with Gasteiger partial charge in [-0.25, -0.2) is 0 Å². The van der Waals surface area contributed by atoms with Crippen LogP contribution in [0.1, 0.15) is 12.6 Å². The molecule has 0 saturated heterocycles. The molecule has 4 nitrogen and oxygen atoms in total. The van der Waals surface area contributed by atoms with E-state index in [9.17, 15) is 0 Å². The standard InChI is InChI=1S/C11H17BrN4/c1-8(11(13)14)6-16(2)7-10-4-3-9(12)5-15-10/h3-5,8H,6-7H2,1-2H3,(H3,13,14). The topological polar surface area (TPSA) is 66.0 Å². The van der Waals surface area contributed by atoms with Gasteiger partial charge in [-0.3, -0.25) is 15.3 Å². The number of halogens is 1. The molecule has 1 aromatic heterocycles. The smallest absolute Gasteiger partial charge is 0.0947 e. The largest absolute Gasteiger partial charge is 0.387 e. The van der Waals surface area contributed by atoms with E-state index >= 15 is 0 Å². The molecule has 1 heterocycles. The molecule has 0 aliphatic heterocycles. The molecule has 0 aromatic carbocycles. The van der Waals surface area contributed by atoms with Crippen molar-refractivity contribution in [2.75, 3.05) is 13.6 Å². The minimum atomic E-state index is 0.0837. The van der Waals surface area contributed by atoms with Crippen molar-refractivity contribution in [3.05, 3.63) is 28.5 Å². The lowest BCUT2D eigenvalue weighted by atomic mass is 10.1. The summed E-state index contributed by atoms with van der Waals surface area (Å²) in [6, 6.07) is 3.96. The Morgan fingerprint density at radius 2 is 2.31 bits per heavy atom.